The van der Waals surface area contributed by atoms with E-state index in [1.807, 2.05) is 14.0 Å². The summed E-state index contributed by atoms with van der Waals surface area (Å²) in [5.41, 5.74) is 3.93. The van der Waals surface area contributed by atoms with Crippen molar-refractivity contribution in [1.29, 1.82) is 0 Å². The third kappa shape index (κ3) is 2.41. The Morgan fingerprint density at radius 2 is 2.11 bits per heavy atom. The smallest absolute Gasteiger partial charge is 0.308 e. The maximum atomic E-state index is 11.3. The molecule has 2 unspecified atom stereocenters. The van der Waals surface area contributed by atoms with Crippen LogP contribution in [0.4, 0.5) is 0 Å². The molecule has 0 aromatic heterocycles. The molecule has 3 heteroatoms. The molecule has 2 N–H and O–H groups in total. The molecule has 0 amide bonds. The Labute approximate surface area is 108 Å². The predicted molar refractivity (Wildman–Crippen MR) is 71.7 cm³/mol. The Morgan fingerprint density at radius 1 is 1.39 bits per heavy atom. The molecule has 98 valence electrons. The molecule has 2 atom stereocenters. The Morgan fingerprint density at radius 3 is 2.72 bits per heavy atom. The Balaban J connectivity index is 2.29. The van der Waals surface area contributed by atoms with Crippen LogP contribution in [-0.4, -0.2) is 18.1 Å². The summed E-state index contributed by atoms with van der Waals surface area (Å²) in [6, 6.07) is 6.33. The second kappa shape index (κ2) is 5.53. The Bertz CT molecular complexity index is 442. The minimum Gasteiger partial charge on any atom is -0.481 e. The fraction of sp³-hybridized carbons (Fsp3) is 0.533. The highest BCUT2D eigenvalue weighted by atomic mass is 16.4. The van der Waals surface area contributed by atoms with Crippen LogP contribution in [0.2, 0.25) is 0 Å². The highest BCUT2D eigenvalue weighted by molar-refractivity contribution is 5.71. The first-order valence-electron chi connectivity index (χ1n) is 6.69. The summed E-state index contributed by atoms with van der Waals surface area (Å²) >= 11 is 0. The molecule has 0 spiro atoms. The zero-order valence-corrected chi connectivity index (χ0v) is 11.1. The van der Waals surface area contributed by atoms with E-state index in [4.69, 9.17) is 0 Å². The number of hydrogen-bond donors (Lipinski definition) is 2. The number of benzene rings is 1. The first-order chi connectivity index (χ1) is 8.67. The van der Waals surface area contributed by atoms with Crippen molar-refractivity contribution in [2.45, 2.75) is 38.6 Å². The van der Waals surface area contributed by atoms with Crippen molar-refractivity contribution in [3.8, 4) is 0 Å². The van der Waals surface area contributed by atoms with E-state index in [2.05, 4.69) is 23.5 Å². The number of hydrogen-bond acceptors (Lipinski definition) is 2. The van der Waals surface area contributed by atoms with E-state index in [0.29, 0.717) is 6.42 Å². The van der Waals surface area contributed by atoms with Crippen molar-refractivity contribution >= 4 is 5.97 Å². The molecule has 0 bridgehead atoms. The molecular formula is C15H21NO2. The lowest BCUT2D eigenvalue weighted by Crippen LogP contribution is -2.30. The highest BCUT2D eigenvalue weighted by Crippen LogP contribution is 2.29. The van der Waals surface area contributed by atoms with Gasteiger partial charge in [-0.2, -0.15) is 0 Å². The van der Waals surface area contributed by atoms with Crippen LogP contribution in [0.5, 0.6) is 0 Å². The van der Waals surface area contributed by atoms with Crippen LogP contribution in [0.25, 0.3) is 0 Å². The van der Waals surface area contributed by atoms with Gasteiger partial charge in [0, 0.05) is 6.04 Å². The first-order valence-corrected chi connectivity index (χ1v) is 6.69. The summed E-state index contributed by atoms with van der Waals surface area (Å²) in [5, 5.41) is 12.5. The van der Waals surface area contributed by atoms with Crippen molar-refractivity contribution in [1.82, 2.24) is 5.32 Å². The fourth-order valence-electron chi connectivity index (χ4n) is 2.94. The molecule has 2 rings (SSSR count). The van der Waals surface area contributed by atoms with Crippen LogP contribution < -0.4 is 5.32 Å². The van der Waals surface area contributed by atoms with Gasteiger partial charge < -0.3 is 10.4 Å². The number of rotatable bonds is 5. The lowest BCUT2D eigenvalue weighted by atomic mass is 9.89. The van der Waals surface area contributed by atoms with E-state index in [1.165, 1.54) is 17.5 Å². The van der Waals surface area contributed by atoms with Gasteiger partial charge >= 0.3 is 5.97 Å². The predicted octanol–water partition coefficient (Wildman–Crippen LogP) is 2.55. The maximum Gasteiger partial charge on any atom is 0.308 e. The molecule has 0 radical (unpaired) electrons. The molecule has 1 aliphatic rings. The topological polar surface area (TPSA) is 49.3 Å². The van der Waals surface area contributed by atoms with Crippen LogP contribution in [0.1, 0.15) is 42.5 Å². The fourth-order valence-corrected chi connectivity index (χ4v) is 2.94. The van der Waals surface area contributed by atoms with Gasteiger partial charge in [0.1, 0.15) is 0 Å². The number of carboxylic acid groups (broad SMARTS) is 1. The van der Waals surface area contributed by atoms with E-state index >= 15 is 0 Å². The van der Waals surface area contributed by atoms with Gasteiger partial charge in [-0.05, 0) is 49.4 Å². The van der Waals surface area contributed by atoms with Gasteiger partial charge in [-0.25, -0.2) is 0 Å². The van der Waals surface area contributed by atoms with Gasteiger partial charge in [0.05, 0.1) is 5.92 Å². The van der Waals surface area contributed by atoms with Crippen LogP contribution in [0.3, 0.4) is 0 Å². The van der Waals surface area contributed by atoms with Crippen LogP contribution in [0.15, 0.2) is 18.2 Å². The number of fused-ring (bicyclic) bond motifs is 1. The van der Waals surface area contributed by atoms with Gasteiger partial charge in [-0.15, -0.1) is 0 Å². The Hall–Kier alpha value is -1.35. The summed E-state index contributed by atoms with van der Waals surface area (Å²) in [7, 11) is 1.84. The summed E-state index contributed by atoms with van der Waals surface area (Å²) in [6.45, 7) is 1.93. The van der Waals surface area contributed by atoms with Gasteiger partial charge in [-0.3, -0.25) is 4.79 Å². The third-order valence-corrected chi connectivity index (χ3v) is 3.95. The SMILES string of the molecule is CCC(C(=O)O)C(NC)c1ccc2c(c1)CCC2. The number of carbonyl (C=O) groups is 1. The van der Waals surface area contributed by atoms with E-state index in [9.17, 15) is 9.90 Å². The van der Waals surface area contributed by atoms with Crippen molar-refractivity contribution in [3.05, 3.63) is 34.9 Å². The quantitative estimate of drug-likeness (QED) is 0.840. The van der Waals surface area contributed by atoms with Gasteiger partial charge in [-0.1, -0.05) is 25.1 Å². The van der Waals surface area contributed by atoms with Gasteiger partial charge in [0.25, 0.3) is 0 Å². The second-order valence-electron chi connectivity index (χ2n) is 5.00. The average Bonchev–Trinajstić information content (AvgIpc) is 2.82. The maximum absolute atomic E-state index is 11.3. The largest absolute Gasteiger partial charge is 0.481 e. The van der Waals surface area contributed by atoms with Crippen molar-refractivity contribution in [2.24, 2.45) is 5.92 Å². The number of nitrogens with one attached hydrogen (secondary N) is 1. The third-order valence-electron chi connectivity index (χ3n) is 3.95. The van der Waals surface area contributed by atoms with Gasteiger partial charge in [0.2, 0.25) is 0 Å². The molecule has 1 aliphatic carbocycles. The molecule has 0 heterocycles. The number of aryl methyl sites for hydroxylation is 2. The summed E-state index contributed by atoms with van der Waals surface area (Å²) < 4.78 is 0. The van der Waals surface area contributed by atoms with E-state index in [0.717, 1.165) is 18.4 Å². The van der Waals surface area contributed by atoms with Crippen LogP contribution >= 0.6 is 0 Å². The summed E-state index contributed by atoms with van der Waals surface area (Å²) in [4.78, 5) is 11.3. The Kier molecular flexibility index (Phi) is 4.02. The molecule has 3 nitrogen and oxygen atoms in total. The second-order valence-corrected chi connectivity index (χ2v) is 5.00. The van der Waals surface area contributed by atoms with E-state index < -0.39 is 5.97 Å². The standard InChI is InChI=1S/C15H21NO2/c1-3-13(15(17)18)14(16-2)12-8-7-10-5-4-6-11(10)9-12/h7-9,13-14,16H,3-6H2,1-2H3,(H,17,18). The zero-order chi connectivity index (χ0) is 13.1. The van der Waals surface area contributed by atoms with E-state index in [-0.39, 0.29) is 12.0 Å². The molecule has 0 saturated heterocycles. The minimum atomic E-state index is -0.725. The number of aliphatic carboxylic acids is 1. The molecule has 0 aliphatic heterocycles. The zero-order valence-electron chi connectivity index (χ0n) is 11.1. The molecule has 1 aromatic carbocycles. The van der Waals surface area contributed by atoms with Crippen LogP contribution in [0, 0.1) is 5.92 Å². The van der Waals surface area contributed by atoms with Crippen molar-refractivity contribution < 1.29 is 9.90 Å². The molecule has 0 saturated carbocycles. The van der Waals surface area contributed by atoms with E-state index in [1.54, 1.807) is 0 Å². The number of carboxylic acids is 1. The summed E-state index contributed by atoms with van der Waals surface area (Å²) in [5.74, 6) is -1.09. The molecule has 18 heavy (non-hydrogen) atoms. The van der Waals surface area contributed by atoms with Crippen molar-refractivity contribution in [3.63, 3.8) is 0 Å². The normalized spacial score (nSPS) is 17.2. The summed E-state index contributed by atoms with van der Waals surface area (Å²) in [6.07, 6.45) is 4.15. The monoisotopic (exact) mass is 247 g/mol. The average molecular weight is 247 g/mol. The van der Waals surface area contributed by atoms with Crippen LogP contribution in [-0.2, 0) is 17.6 Å². The minimum absolute atomic E-state index is 0.0987. The lowest BCUT2D eigenvalue weighted by molar-refractivity contribution is -0.143. The van der Waals surface area contributed by atoms with Crippen molar-refractivity contribution in [2.75, 3.05) is 7.05 Å². The molecular weight excluding hydrogens is 226 g/mol. The highest BCUT2D eigenvalue weighted by Gasteiger charge is 2.27. The van der Waals surface area contributed by atoms with Gasteiger partial charge in [0.15, 0.2) is 0 Å². The molecule has 1 aromatic rings. The first kappa shape index (κ1) is 13.1. The lowest BCUT2D eigenvalue weighted by Gasteiger charge is -2.23. The molecule has 0 fully saturated rings.